The molecule has 0 aliphatic carbocycles. The number of halogens is 3. The van der Waals surface area contributed by atoms with E-state index < -0.39 is 23.5 Å². The number of alkyl halides is 3. The third kappa shape index (κ3) is 4.07. The van der Waals surface area contributed by atoms with Gasteiger partial charge in [-0.1, -0.05) is 17.3 Å². The zero-order valence-electron chi connectivity index (χ0n) is 12.3. The lowest BCUT2D eigenvalue weighted by molar-refractivity contribution is -0.159. The Kier molecular flexibility index (Phi) is 4.42. The third-order valence-electron chi connectivity index (χ3n) is 2.92. The van der Waals surface area contributed by atoms with Gasteiger partial charge in [0.2, 0.25) is 5.82 Å². The molecule has 0 saturated carbocycles. The van der Waals surface area contributed by atoms with Gasteiger partial charge in [-0.15, -0.1) is 0 Å². The van der Waals surface area contributed by atoms with Gasteiger partial charge in [0.25, 0.3) is 5.91 Å². The van der Waals surface area contributed by atoms with Crippen LogP contribution < -0.4 is 5.32 Å². The second kappa shape index (κ2) is 5.99. The van der Waals surface area contributed by atoms with E-state index in [9.17, 15) is 18.0 Å². The van der Waals surface area contributed by atoms with Gasteiger partial charge in [-0.3, -0.25) is 4.79 Å². The predicted octanol–water partition coefficient (Wildman–Crippen LogP) is 2.26. The van der Waals surface area contributed by atoms with Crippen molar-refractivity contribution >= 4 is 5.91 Å². The van der Waals surface area contributed by atoms with Crippen LogP contribution in [-0.2, 0) is 6.18 Å². The summed E-state index contributed by atoms with van der Waals surface area (Å²) in [6.07, 6.45) is -4.71. The van der Waals surface area contributed by atoms with Crippen LogP contribution in [0.15, 0.2) is 28.8 Å². The summed E-state index contributed by atoms with van der Waals surface area (Å²) in [6, 6.07) is 5.65. The molecule has 2 rings (SSSR count). The summed E-state index contributed by atoms with van der Waals surface area (Å²) >= 11 is 0. The van der Waals surface area contributed by atoms with Crippen LogP contribution in [-0.4, -0.2) is 33.3 Å². The second-order valence-electron chi connectivity index (χ2n) is 5.49. The van der Waals surface area contributed by atoms with Crippen LogP contribution in [0, 0.1) is 0 Å². The Morgan fingerprint density at radius 3 is 2.35 bits per heavy atom. The number of aliphatic hydroxyl groups excluding tert-OH is 1. The van der Waals surface area contributed by atoms with Gasteiger partial charge in [0.1, 0.15) is 0 Å². The van der Waals surface area contributed by atoms with Crippen LogP contribution in [0.5, 0.6) is 0 Å². The molecule has 0 fully saturated rings. The fraction of sp³-hybridized carbons (Fsp3) is 0.357. The highest BCUT2D eigenvalue weighted by Crippen LogP contribution is 2.29. The smallest absolute Gasteiger partial charge is 0.394 e. The molecule has 2 aromatic rings. The van der Waals surface area contributed by atoms with Crippen molar-refractivity contribution in [3.8, 4) is 11.4 Å². The van der Waals surface area contributed by atoms with Gasteiger partial charge in [-0.25, -0.2) is 0 Å². The average molecular weight is 329 g/mol. The molecule has 1 heterocycles. The van der Waals surface area contributed by atoms with E-state index in [2.05, 4.69) is 20.0 Å². The Bertz CT molecular complexity index is 693. The molecule has 0 spiro atoms. The lowest BCUT2D eigenvalue weighted by Crippen LogP contribution is -2.46. The molecular weight excluding hydrogens is 315 g/mol. The molecule has 0 unspecified atom stereocenters. The van der Waals surface area contributed by atoms with Crippen molar-refractivity contribution in [1.82, 2.24) is 15.5 Å². The molecule has 0 aliphatic heterocycles. The van der Waals surface area contributed by atoms with E-state index in [0.29, 0.717) is 0 Å². The highest BCUT2D eigenvalue weighted by molar-refractivity contribution is 5.95. The van der Waals surface area contributed by atoms with E-state index in [-0.39, 0.29) is 23.6 Å². The van der Waals surface area contributed by atoms with Crippen molar-refractivity contribution in [2.45, 2.75) is 25.6 Å². The molecule has 1 aromatic heterocycles. The maximum absolute atomic E-state index is 12.4. The summed E-state index contributed by atoms with van der Waals surface area (Å²) in [5.41, 5.74) is -0.220. The summed E-state index contributed by atoms with van der Waals surface area (Å²) in [4.78, 5) is 15.2. The van der Waals surface area contributed by atoms with Crippen molar-refractivity contribution < 1.29 is 27.6 Å². The quantitative estimate of drug-likeness (QED) is 0.898. The van der Waals surface area contributed by atoms with Crippen molar-refractivity contribution in [2.24, 2.45) is 0 Å². The van der Waals surface area contributed by atoms with Crippen molar-refractivity contribution in [3.05, 3.63) is 35.7 Å². The zero-order chi connectivity index (χ0) is 17.3. The number of rotatable bonds is 4. The Hall–Kier alpha value is -2.42. The Morgan fingerprint density at radius 2 is 1.87 bits per heavy atom. The van der Waals surface area contributed by atoms with Gasteiger partial charge in [0.05, 0.1) is 12.1 Å². The van der Waals surface area contributed by atoms with Gasteiger partial charge >= 0.3 is 12.1 Å². The zero-order valence-corrected chi connectivity index (χ0v) is 12.3. The standard InChI is InChI=1S/C14H14F3N3O3/c1-13(2,7-21)19-11(22)9-5-3-8(4-6-9)10-18-12(23-20-10)14(15,16)17/h3-6,21H,7H2,1-2H3,(H,19,22). The SMILES string of the molecule is CC(C)(CO)NC(=O)c1ccc(-c2noc(C(F)(F)F)n2)cc1. The van der Waals surface area contributed by atoms with Crippen molar-refractivity contribution in [3.63, 3.8) is 0 Å². The monoisotopic (exact) mass is 329 g/mol. The molecule has 0 radical (unpaired) electrons. The first-order chi connectivity index (χ1) is 10.6. The molecule has 0 bridgehead atoms. The number of nitrogens with zero attached hydrogens (tertiary/aromatic N) is 2. The molecule has 23 heavy (non-hydrogen) atoms. The maximum Gasteiger partial charge on any atom is 0.471 e. The Balaban J connectivity index is 2.16. The summed E-state index contributed by atoms with van der Waals surface area (Å²) < 4.78 is 41.4. The van der Waals surface area contributed by atoms with E-state index in [1.165, 1.54) is 24.3 Å². The van der Waals surface area contributed by atoms with Gasteiger partial charge in [0.15, 0.2) is 0 Å². The summed E-state index contributed by atoms with van der Waals surface area (Å²) in [7, 11) is 0. The number of nitrogens with one attached hydrogen (secondary N) is 1. The Labute approximate surface area is 129 Å². The highest BCUT2D eigenvalue weighted by Gasteiger charge is 2.38. The van der Waals surface area contributed by atoms with Gasteiger partial charge in [-0.05, 0) is 26.0 Å². The molecule has 6 nitrogen and oxygen atoms in total. The van der Waals surface area contributed by atoms with Crippen LogP contribution in [0.25, 0.3) is 11.4 Å². The molecule has 1 amide bonds. The van der Waals surface area contributed by atoms with Crippen molar-refractivity contribution in [1.29, 1.82) is 0 Å². The van der Waals surface area contributed by atoms with Gasteiger partial charge in [0, 0.05) is 11.1 Å². The number of aromatic nitrogens is 2. The summed E-state index contributed by atoms with van der Waals surface area (Å²) in [5, 5.41) is 15.0. The molecule has 0 saturated heterocycles. The lowest BCUT2D eigenvalue weighted by atomic mass is 10.1. The topological polar surface area (TPSA) is 88.2 Å². The number of amides is 1. The molecule has 124 valence electrons. The first kappa shape index (κ1) is 16.9. The minimum absolute atomic E-state index is 0.222. The van der Waals surface area contributed by atoms with Crippen molar-refractivity contribution in [2.75, 3.05) is 6.61 Å². The molecule has 0 aliphatic rings. The lowest BCUT2D eigenvalue weighted by Gasteiger charge is -2.23. The molecule has 9 heteroatoms. The summed E-state index contributed by atoms with van der Waals surface area (Å²) in [5.74, 6) is -2.07. The first-order valence-corrected chi connectivity index (χ1v) is 6.57. The third-order valence-corrected chi connectivity index (χ3v) is 2.92. The maximum atomic E-state index is 12.4. The number of carbonyl (C=O) groups is 1. The van der Waals surface area contributed by atoms with E-state index in [1.54, 1.807) is 13.8 Å². The van der Waals surface area contributed by atoms with Gasteiger partial charge in [-0.2, -0.15) is 18.2 Å². The highest BCUT2D eigenvalue weighted by atomic mass is 19.4. The normalized spacial score (nSPS) is 12.3. The predicted molar refractivity (Wildman–Crippen MR) is 73.4 cm³/mol. The molecule has 0 atom stereocenters. The van der Waals surface area contributed by atoms with E-state index in [1.807, 2.05) is 0 Å². The first-order valence-electron chi connectivity index (χ1n) is 6.57. The van der Waals surface area contributed by atoms with Crippen LogP contribution in [0.1, 0.15) is 30.1 Å². The second-order valence-corrected chi connectivity index (χ2v) is 5.49. The van der Waals surface area contributed by atoms with Crippen LogP contribution in [0.4, 0.5) is 13.2 Å². The van der Waals surface area contributed by atoms with Crippen LogP contribution in [0.2, 0.25) is 0 Å². The van der Waals surface area contributed by atoms with E-state index in [0.717, 1.165) is 0 Å². The number of hydrogen-bond acceptors (Lipinski definition) is 5. The Morgan fingerprint density at radius 1 is 1.26 bits per heavy atom. The fourth-order valence-corrected chi connectivity index (χ4v) is 1.65. The number of carbonyl (C=O) groups excluding carboxylic acids is 1. The number of benzene rings is 1. The molecular formula is C14H14F3N3O3. The summed E-state index contributed by atoms with van der Waals surface area (Å²) in [6.45, 7) is 3.06. The average Bonchev–Trinajstić information content (AvgIpc) is 2.97. The minimum atomic E-state index is -4.71. The van der Waals surface area contributed by atoms with E-state index in [4.69, 9.17) is 5.11 Å². The molecule has 2 N–H and O–H groups in total. The largest absolute Gasteiger partial charge is 0.471 e. The number of hydrogen-bond donors (Lipinski definition) is 2. The fourth-order valence-electron chi connectivity index (χ4n) is 1.65. The van der Waals surface area contributed by atoms with E-state index >= 15 is 0 Å². The minimum Gasteiger partial charge on any atom is -0.394 e. The number of aliphatic hydroxyl groups is 1. The van der Waals surface area contributed by atoms with Crippen LogP contribution >= 0.6 is 0 Å². The van der Waals surface area contributed by atoms with Gasteiger partial charge < -0.3 is 14.9 Å². The molecule has 1 aromatic carbocycles. The van der Waals surface area contributed by atoms with Crippen LogP contribution in [0.3, 0.4) is 0 Å².